The summed E-state index contributed by atoms with van der Waals surface area (Å²) >= 11 is 0. The average Bonchev–Trinajstić information content (AvgIpc) is 2.72. The number of fused-ring (bicyclic) bond motifs is 1. The summed E-state index contributed by atoms with van der Waals surface area (Å²) in [5.74, 6) is 1.01. The molecule has 1 heterocycles. The number of carbonyl (C=O) groups excluding carboxylic acids is 2. The molecule has 0 aliphatic carbocycles. The van der Waals surface area contributed by atoms with E-state index < -0.39 is 6.10 Å². The van der Waals surface area contributed by atoms with E-state index in [-0.39, 0.29) is 31.4 Å². The molecule has 2 aromatic rings. The van der Waals surface area contributed by atoms with Crippen LogP contribution in [0.2, 0.25) is 0 Å². The zero-order valence-electron chi connectivity index (χ0n) is 16.3. The molecule has 0 unspecified atom stereocenters. The van der Waals surface area contributed by atoms with Gasteiger partial charge in [-0.3, -0.25) is 9.59 Å². The Morgan fingerprint density at radius 1 is 1.18 bits per heavy atom. The van der Waals surface area contributed by atoms with Crippen LogP contribution in [0, 0.1) is 6.92 Å². The predicted molar refractivity (Wildman–Crippen MR) is 108 cm³/mol. The number of anilines is 1. The molecule has 2 amide bonds. The number of ether oxygens (including phenoxy) is 2. The largest absolute Gasteiger partial charge is 0.493 e. The molecule has 0 aromatic heterocycles. The highest BCUT2D eigenvalue weighted by molar-refractivity contribution is 5.97. The first kappa shape index (κ1) is 19.7. The van der Waals surface area contributed by atoms with Crippen LogP contribution in [0.25, 0.3) is 0 Å². The first-order valence-corrected chi connectivity index (χ1v) is 9.62. The van der Waals surface area contributed by atoms with Crippen molar-refractivity contribution >= 4 is 17.5 Å². The van der Waals surface area contributed by atoms with Crippen LogP contribution in [0.5, 0.6) is 11.5 Å². The van der Waals surface area contributed by atoms with Crippen LogP contribution in [-0.2, 0) is 9.59 Å². The highest BCUT2D eigenvalue weighted by atomic mass is 16.5. The highest BCUT2D eigenvalue weighted by Gasteiger charge is 2.33. The van der Waals surface area contributed by atoms with Crippen molar-refractivity contribution in [2.45, 2.75) is 32.8 Å². The molecule has 0 spiro atoms. The van der Waals surface area contributed by atoms with Crippen LogP contribution in [0.3, 0.4) is 0 Å². The smallest absolute Gasteiger partial charge is 0.262 e. The molecule has 6 nitrogen and oxygen atoms in total. The van der Waals surface area contributed by atoms with Gasteiger partial charge in [0.1, 0.15) is 11.5 Å². The van der Waals surface area contributed by atoms with Gasteiger partial charge < -0.3 is 19.7 Å². The zero-order valence-corrected chi connectivity index (χ0v) is 16.3. The third kappa shape index (κ3) is 4.63. The van der Waals surface area contributed by atoms with Crippen LogP contribution in [0.15, 0.2) is 48.5 Å². The zero-order chi connectivity index (χ0) is 19.9. The molecule has 0 fully saturated rings. The van der Waals surface area contributed by atoms with Crippen LogP contribution in [-0.4, -0.2) is 37.6 Å². The lowest BCUT2D eigenvalue weighted by atomic mass is 10.1. The molecule has 2 aromatic carbocycles. The molecule has 3 rings (SSSR count). The Morgan fingerprint density at radius 2 is 1.93 bits per heavy atom. The van der Waals surface area contributed by atoms with Gasteiger partial charge in [0, 0.05) is 6.54 Å². The molecule has 0 saturated carbocycles. The molecular weight excluding hydrogens is 356 g/mol. The van der Waals surface area contributed by atoms with E-state index in [4.69, 9.17) is 9.47 Å². The first-order valence-electron chi connectivity index (χ1n) is 9.62. The van der Waals surface area contributed by atoms with E-state index in [0.717, 1.165) is 17.7 Å². The lowest BCUT2D eigenvalue weighted by molar-refractivity contribution is -0.128. The van der Waals surface area contributed by atoms with Crippen molar-refractivity contribution in [2.75, 3.05) is 24.6 Å². The second-order valence-electron chi connectivity index (χ2n) is 6.73. The van der Waals surface area contributed by atoms with Gasteiger partial charge in [-0.25, -0.2) is 0 Å². The Balaban J connectivity index is 1.67. The van der Waals surface area contributed by atoms with Gasteiger partial charge in [0.2, 0.25) is 5.91 Å². The van der Waals surface area contributed by atoms with Crippen molar-refractivity contribution in [1.82, 2.24) is 5.32 Å². The Hall–Kier alpha value is -3.02. The molecule has 1 aliphatic rings. The Bertz CT molecular complexity index is 837. The monoisotopic (exact) mass is 382 g/mol. The van der Waals surface area contributed by atoms with Crippen molar-refractivity contribution < 1.29 is 19.1 Å². The fourth-order valence-electron chi connectivity index (χ4n) is 3.07. The summed E-state index contributed by atoms with van der Waals surface area (Å²) in [6.07, 6.45) is 0.336. The maximum absolute atomic E-state index is 12.9. The highest BCUT2D eigenvalue weighted by Crippen LogP contribution is 2.33. The molecule has 0 saturated heterocycles. The molecular formula is C22H26N2O4. The summed E-state index contributed by atoms with van der Waals surface area (Å²) in [7, 11) is 0. The number of nitrogens with zero attached hydrogens (tertiary/aromatic N) is 1. The second kappa shape index (κ2) is 9.26. The maximum Gasteiger partial charge on any atom is 0.262 e. The van der Waals surface area contributed by atoms with Gasteiger partial charge in [0.15, 0.2) is 6.10 Å². The van der Waals surface area contributed by atoms with E-state index in [1.807, 2.05) is 56.3 Å². The van der Waals surface area contributed by atoms with Gasteiger partial charge in [0.25, 0.3) is 5.91 Å². The van der Waals surface area contributed by atoms with Crippen molar-refractivity contribution in [1.29, 1.82) is 0 Å². The lowest BCUT2D eigenvalue weighted by Crippen LogP contribution is -2.51. The Kier molecular flexibility index (Phi) is 6.53. The number of amides is 2. The lowest BCUT2D eigenvalue weighted by Gasteiger charge is -2.34. The molecule has 1 atom stereocenters. The minimum Gasteiger partial charge on any atom is -0.493 e. The third-order valence-corrected chi connectivity index (χ3v) is 4.58. The van der Waals surface area contributed by atoms with Gasteiger partial charge in [0.05, 0.1) is 25.3 Å². The number of hydrogen-bond donors (Lipinski definition) is 1. The van der Waals surface area contributed by atoms with Crippen LogP contribution < -0.4 is 19.7 Å². The molecule has 148 valence electrons. The fraction of sp³-hybridized carbons (Fsp3) is 0.364. The second-order valence-corrected chi connectivity index (χ2v) is 6.73. The van der Waals surface area contributed by atoms with Crippen molar-refractivity contribution in [3.05, 3.63) is 54.1 Å². The number of aryl methyl sites for hydroxylation is 1. The molecule has 1 N–H and O–H groups in total. The summed E-state index contributed by atoms with van der Waals surface area (Å²) in [5.41, 5.74) is 1.71. The minimum atomic E-state index is -0.720. The summed E-state index contributed by atoms with van der Waals surface area (Å²) in [4.78, 5) is 26.9. The third-order valence-electron chi connectivity index (χ3n) is 4.58. The summed E-state index contributed by atoms with van der Waals surface area (Å²) < 4.78 is 11.6. The van der Waals surface area contributed by atoms with E-state index in [0.29, 0.717) is 18.0 Å². The summed E-state index contributed by atoms with van der Waals surface area (Å²) in [6.45, 7) is 5.00. The van der Waals surface area contributed by atoms with Gasteiger partial charge in [-0.1, -0.05) is 37.3 Å². The van der Waals surface area contributed by atoms with Crippen molar-refractivity contribution in [3.63, 3.8) is 0 Å². The number of hydrogen-bond acceptors (Lipinski definition) is 4. The first-order chi connectivity index (χ1) is 13.6. The summed E-state index contributed by atoms with van der Waals surface area (Å²) in [5, 5.41) is 2.84. The predicted octanol–water partition coefficient (Wildman–Crippen LogP) is 3.08. The van der Waals surface area contributed by atoms with E-state index in [9.17, 15) is 9.59 Å². The molecule has 1 aliphatic heterocycles. The number of rotatable bonds is 7. The Labute approximate surface area is 165 Å². The van der Waals surface area contributed by atoms with Gasteiger partial charge in [-0.05, 0) is 37.1 Å². The van der Waals surface area contributed by atoms with Gasteiger partial charge in [-0.15, -0.1) is 0 Å². The SMILES string of the molecule is CCCNC(=O)[C@H]1CN(C(=O)CCOc2ccccc2C)c2ccccc2O1. The van der Waals surface area contributed by atoms with Crippen LogP contribution in [0.1, 0.15) is 25.3 Å². The molecule has 6 heteroatoms. The van der Waals surface area contributed by atoms with E-state index >= 15 is 0 Å². The normalized spacial score (nSPS) is 15.4. The average molecular weight is 382 g/mol. The Morgan fingerprint density at radius 3 is 2.71 bits per heavy atom. The van der Waals surface area contributed by atoms with E-state index in [2.05, 4.69) is 5.32 Å². The number of nitrogens with one attached hydrogen (secondary N) is 1. The molecule has 0 bridgehead atoms. The quantitative estimate of drug-likeness (QED) is 0.799. The van der Waals surface area contributed by atoms with E-state index in [1.165, 1.54) is 0 Å². The van der Waals surface area contributed by atoms with Gasteiger partial charge in [-0.2, -0.15) is 0 Å². The van der Waals surface area contributed by atoms with Crippen molar-refractivity contribution in [2.24, 2.45) is 0 Å². The van der Waals surface area contributed by atoms with Gasteiger partial charge >= 0.3 is 0 Å². The standard InChI is InChI=1S/C22H26N2O4/c1-3-13-23-22(26)20-15-24(17-9-5-7-11-19(17)28-20)21(25)12-14-27-18-10-6-4-8-16(18)2/h4-11,20H,3,12-15H2,1-2H3,(H,23,26)/t20-/m1/s1. The fourth-order valence-corrected chi connectivity index (χ4v) is 3.07. The summed E-state index contributed by atoms with van der Waals surface area (Å²) in [6, 6.07) is 15.0. The van der Waals surface area contributed by atoms with Crippen molar-refractivity contribution in [3.8, 4) is 11.5 Å². The number of carbonyl (C=O) groups is 2. The number of benzene rings is 2. The van der Waals surface area contributed by atoms with Crippen LogP contribution in [0.4, 0.5) is 5.69 Å². The molecule has 28 heavy (non-hydrogen) atoms. The maximum atomic E-state index is 12.9. The topological polar surface area (TPSA) is 67.9 Å². The van der Waals surface area contributed by atoms with E-state index in [1.54, 1.807) is 11.0 Å². The number of para-hydroxylation sites is 3. The molecule has 0 radical (unpaired) electrons. The minimum absolute atomic E-state index is 0.0994. The van der Waals surface area contributed by atoms with Crippen LogP contribution >= 0.6 is 0 Å².